The van der Waals surface area contributed by atoms with E-state index in [1.54, 1.807) is 12.1 Å². The summed E-state index contributed by atoms with van der Waals surface area (Å²) in [6.45, 7) is 0. The van der Waals surface area contributed by atoms with Crippen LogP contribution in [0.25, 0.3) is 0 Å². The number of benzene rings is 3. The van der Waals surface area contributed by atoms with Crippen LogP contribution in [0.1, 0.15) is 5.56 Å². The summed E-state index contributed by atoms with van der Waals surface area (Å²) >= 11 is 11.8. The van der Waals surface area contributed by atoms with E-state index in [1.165, 1.54) is 36.5 Å². The van der Waals surface area contributed by atoms with Gasteiger partial charge >= 0.3 is 10.1 Å². The maximum atomic E-state index is 12.5. The Kier molecular flexibility index (Phi) is 5.61. The fraction of sp³-hybridized carbons (Fsp3) is 0. The van der Waals surface area contributed by atoms with Gasteiger partial charge in [-0.2, -0.15) is 8.42 Å². The topological polar surface area (TPSA) is 55.7 Å². The van der Waals surface area contributed by atoms with Crippen molar-refractivity contribution in [3.8, 4) is 5.75 Å². The zero-order valence-electron chi connectivity index (χ0n) is 13.3. The van der Waals surface area contributed by atoms with E-state index in [2.05, 4.69) is 4.99 Å². The Morgan fingerprint density at radius 3 is 2.19 bits per heavy atom. The summed E-state index contributed by atoms with van der Waals surface area (Å²) in [7, 11) is -4.01. The standard InChI is InChI=1S/C19H13Cl2NO3S/c20-15-6-9-18(10-7-15)26(23,24)25-19-11-8-16(21)12-14(19)13-22-17-4-2-1-3-5-17/h1-13H. The van der Waals surface area contributed by atoms with E-state index in [1.807, 2.05) is 30.3 Å². The van der Waals surface area contributed by atoms with Crippen molar-refractivity contribution in [1.29, 1.82) is 0 Å². The van der Waals surface area contributed by atoms with Crippen LogP contribution in [0.5, 0.6) is 5.75 Å². The van der Waals surface area contributed by atoms with Crippen molar-refractivity contribution in [3.05, 3.63) is 88.4 Å². The van der Waals surface area contributed by atoms with Gasteiger partial charge in [-0.15, -0.1) is 0 Å². The third kappa shape index (κ3) is 4.64. The van der Waals surface area contributed by atoms with Crippen molar-refractivity contribution in [3.63, 3.8) is 0 Å². The molecular formula is C19H13Cl2NO3S. The molecule has 0 amide bonds. The highest BCUT2D eigenvalue weighted by molar-refractivity contribution is 7.87. The Morgan fingerprint density at radius 2 is 1.50 bits per heavy atom. The molecule has 0 aliphatic carbocycles. The molecule has 0 unspecified atom stereocenters. The third-order valence-electron chi connectivity index (χ3n) is 3.38. The molecule has 0 saturated heterocycles. The normalized spacial score (nSPS) is 11.6. The molecule has 3 aromatic rings. The smallest absolute Gasteiger partial charge is 0.339 e. The lowest BCUT2D eigenvalue weighted by Gasteiger charge is -2.10. The first-order chi connectivity index (χ1) is 12.4. The lowest BCUT2D eigenvalue weighted by molar-refractivity contribution is 0.485. The molecule has 0 aliphatic rings. The summed E-state index contributed by atoms with van der Waals surface area (Å²) < 4.78 is 30.2. The van der Waals surface area contributed by atoms with Crippen LogP contribution < -0.4 is 4.18 Å². The summed E-state index contributed by atoms with van der Waals surface area (Å²) in [5, 5.41) is 0.877. The van der Waals surface area contributed by atoms with Crippen LogP contribution in [-0.4, -0.2) is 14.6 Å². The number of hydrogen-bond donors (Lipinski definition) is 0. The molecule has 0 radical (unpaired) electrons. The first kappa shape index (κ1) is 18.5. The van der Waals surface area contributed by atoms with E-state index in [0.717, 1.165) is 5.69 Å². The van der Waals surface area contributed by atoms with Crippen molar-refractivity contribution in [2.24, 2.45) is 4.99 Å². The molecule has 3 aromatic carbocycles. The fourth-order valence-corrected chi connectivity index (χ4v) is 3.38. The summed E-state index contributed by atoms with van der Waals surface area (Å²) in [6, 6.07) is 19.6. The van der Waals surface area contributed by atoms with Gasteiger partial charge in [0.15, 0.2) is 5.75 Å². The monoisotopic (exact) mass is 405 g/mol. The van der Waals surface area contributed by atoms with Gasteiger partial charge in [0.1, 0.15) is 4.90 Å². The maximum Gasteiger partial charge on any atom is 0.339 e. The zero-order chi connectivity index (χ0) is 18.6. The van der Waals surface area contributed by atoms with E-state index in [4.69, 9.17) is 27.4 Å². The number of nitrogens with zero attached hydrogens (tertiary/aromatic N) is 1. The molecule has 0 fully saturated rings. The minimum absolute atomic E-state index is 0.00259. The van der Waals surface area contributed by atoms with Crippen molar-refractivity contribution in [1.82, 2.24) is 0 Å². The lowest BCUT2D eigenvalue weighted by Crippen LogP contribution is -2.10. The number of rotatable bonds is 5. The van der Waals surface area contributed by atoms with Crippen LogP contribution in [0.3, 0.4) is 0 Å². The molecule has 26 heavy (non-hydrogen) atoms. The molecule has 0 atom stereocenters. The Morgan fingerprint density at radius 1 is 0.846 bits per heavy atom. The van der Waals surface area contributed by atoms with Crippen LogP contribution in [0.4, 0.5) is 5.69 Å². The second-order valence-corrected chi connectivity index (χ2v) is 7.69. The molecule has 0 spiro atoms. The highest BCUT2D eigenvalue weighted by Gasteiger charge is 2.18. The summed E-state index contributed by atoms with van der Waals surface area (Å²) in [5.41, 5.74) is 1.16. The number of halogens is 2. The Labute approximate surface area is 161 Å². The molecule has 0 aromatic heterocycles. The van der Waals surface area contributed by atoms with E-state index < -0.39 is 10.1 Å². The number of aliphatic imine (C=N–C) groups is 1. The molecule has 4 nitrogen and oxygen atoms in total. The maximum absolute atomic E-state index is 12.5. The second kappa shape index (κ2) is 7.91. The van der Waals surface area contributed by atoms with Crippen molar-refractivity contribution >= 4 is 45.2 Å². The van der Waals surface area contributed by atoms with Gasteiger partial charge in [0.25, 0.3) is 0 Å². The molecule has 7 heteroatoms. The van der Waals surface area contributed by atoms with E-state index >= 15 is 0 Å². The molecule has 0 aliphatic heterocycles. The van der Waals surface area contributed by atoms with Crippen molar-refractivity contribution in [2.45, 2.75) is 4.90 Å². The predicted octanol–water partition coefficient (Wildman–Crippen LogP) is 5.51. The van der Waals surface area contributed by atoms with Gasteiger partial charge in [-0.3, -0.25) is 4.99 Å². The number of hydrogen-bond acceptors (Lipinski definition) is 4. The van der Waals surface area contributed by atoms with E-state index in [-0.39, 0.29) is 10.6 Å². The van der Waals surface area contributed by atoms with E-state index in [9.17, 15) is 8.42 Å². The Hall–Kier alpha value is -2.34. The molecular weight excluding hydrogens is 393 g/mol. The predicted molar refractivity (Wildman–Crippen MR) is 104 cm³/mol. The van der Waals surface area contributed by atoms with Gasteiger partial charge in [0.05, 0.1) is 5.69 Å². The van der Waals surface area contributed by atoms with Crippen LogP contribution >= 0.6 is 23.2 Å². The summed E-state index contributed by atoms with van der Waals surface area (Å²) in [5.74, 6) is 0.129. The Bertz CT molecular complexity index is 1030. The van der Waals surface area contributed by atoms with Crippen LogP contribution in [0.2, 0.25) is 10.0 Å². The van der Waals surface area contributed by atoms with Crippen LogP contribution in [0.15, 0.2) is 82.7 Å². The van der Waals surface area contributed by atoms with Crippen molar-refractivity contribution in [2.75, 3.05) is 0 Å². The van der Waals surface area contributed by atoms with Gasteiger partial charge in [-0.05, 0) is 54.6 Å². The highest BCUT2D eigenvalue weighted by Crippen LogP contribution is 2.26. The summed E-state index contributed by atoms with van der Waals surface area (Å²) in [4.78, 5) is 4.32. The van der Waals surface area contributed by atoms with Gasteiger partial charge in [0, 0.05) is 21.8 Å². The first-order valence-corrected chi connectivity index (χ1v) is 9.69. The average Bonchev–Trinajstić information content (AvgIpc) is 2.63. The average molecular weight is 406 g/mol. The third-order valence-corrected chi connectivity index (χ3v) is 5.12. The van der Waals surface area contributed by atoms with E-state index in [0.29, 0.717) is 15.6 Å². The molecule has 0 saturated carbocycles. The van der Waals surface area contributed by atoms with Gasteiger partial charge in [-0.1, -0.05) is 41.4 Å². The number of para-hydroxylation sites is 1. The van der Waals surface area contributed by atoms with Crippen LogP contribution in [0, 0.1) is 0 Å². The highest BCUT2D eigenvalue weighted by atomic mass is 35.5. The molecule has 3 rings (SSSR count). The molecule has 132 valence electrons. The quantitative estimate of drug-likeness (QED) is 0.415. The van der Waals surface area contributed by atoms with Gasteiger partial charge < -0.3 is 4.18 Å². The second-order valence-electron chi connectivity index (χ2n) is 5.27. The first-order valence-electron chi connectivity index (χ1n) is 7.53. The minimum Gasteiger partial charge on any atom is -0.378 e. The van der Waals surface area contributed by atoms with Crippen molar-refractivity contribution < 1.29 is 12.6 Å². The molecule has 0 N–H and O–H groups in total. The zero-order valence-corrected chi connectivity index (χ0v) is 15.7. The fourth-order valence-electron chi connectivity index (χ4n) is 2.12. The minimum atomic E-state index is -4.01. The largest absolute Gasteiger partial charge is 0.378 e. The van der Waals surface area contributed by atoms with Crippen LogP contribution in [-0.2, 0) is 10.1 Å². The van der Waals surface area contributed by atoms with Gasteiger partial charge in [-0.25, -0.2) is 0 Å². The SMILES string of the molecule is O=S(=O)(Oc1ccc(Cl)cc1C=Nc1ccccc1)c1ccc(Cl)cc1. The van der Waals surface area contributed by atoms with Gasteiger partial charge in [0.2, 0.25) is 0 Å². The molecule has 0 heterocycles. The molecule has 0 bridgehead atoms. The summed E-state index contributed by atoms with van der Waals surface area (Å²) in [6.07, 6.45) is 1.51. The Balaban J connectivity index is 1.93. The lowest BCUT2D eigenvalue weighted by atomic mass is 10.2.